The Bertz CT molecular complexity index is 226. The molecule has 2 fully saturated rings. The lowest BCUT2D eigenvalue weighted by Gasteiger charge is -2.41. The van der Waals surface area contributed by atoms with Crippen molar-refractivity contribution in [3.05, 3.63) is 11.6 Å². The molecule has 0 aromatic heterocycles. The van der Waals surface area contributed by atoms with Gasteiger partial charge in [-0.15, -0.1) is 0 Å². The third kappa shape index (κ3) is 1.26. The molecule has 0 spiro atoms. The third-order valence-corrected chi connectivity index (χ3v) is 4.67. The molecule has 0 amide bonds. The Hall–Kier alpha value is -0.260. The first-order valence-electron chi connectivity index (χ1n) is 5.84. The maximum atomic E-state index is 2.51. The van der Waals surface area contributed by atoms with Gasteiger partial charge in [-0.2, -0.15) is 0 Å². The third-order valence-electron chi connectivity index (χ3n) is 4.67. The largest absolute Gasteiger partial charge is 0.0879 e. The molecule has 0 aliphatic heterocycles. The molecule has 0 radical (unpaired) electrons. The number of allylic oxidation sites excluding steroid dienone is 2. The zero-order valence-corrected chi connectivity index (χ0v) is 9.27. The van der Waals surface area contributed by atoms with Crippen molar-refractivity contribution < 1.29 is 0 Å². The zero-order valence-electron chi connectivity index (χ0n) is 9.27. The zero-order chi connectivity index (χ0) is 9.47. The molecule has 0 nitrogen and oxygen atoms in total. The van der Waals surface area contributed by atoms with Crippen LogP contribution in [0.5, 0.6) is 0 Å². The summed E-state index contributed by atoms with van der Waals surface area (Å²) in [5, 5.41) is 0. The first kappa shape index (κ1) is 9.30. The van der Waals surface area contributed by atoms with Crippen LogP contribution in [0.3, 0.4) is 0 Å². The highest BCUT2D eigenvalue weighted by atomic mass is 14.5. The summed E-state index contributed by atoms with van der Waals surface area (Å²) in [6, 6.07) is 0. The van der Waals surface area contributed by atoms with Crippen LogP contribution in [0, 0.1) is 17.3 Å². The molecule has 0 heteroatoms. The lowest BCUT2D eigenvalue weighted by Crippen LogP contribution is -2.32. The Balaban J connectivity index is 2.28. The van der Waals surface area contributed by atoms with Gasteiger partial charge in [-0.25, -0.2) is 0 Å². The van der Waals surface area contributed by atoms with Crippen molar-refractivity contribution in [2.75, 3.05) is 0 Å². The molecule has 0 N–H and O–H groups in total. The molecular formula is C13H22. The normalized spacial score (nSPS) is 48.1. The van der Waals surface area contributed by atoms with Crippen LogP contribution >= 0.6 is 0 Å². The summed E-state index contributed by atoms with van der Waals surface area (Å²) in [4.78, 5) is 0. The maximum Gasteiger partial charge on any atom is -0.00856 e. The average Bonchev–Trinajstić information content (AvgIpc) is 2.43. The van der Waals surface area contributed by atoms with Crippen LogP contribution in [0.25, 0.3) is 0 Å². The summed E-state index contributed by atoms with van der Waals surface area (Å²) in [7, 11) is 0. The summed E-state index contributed by atoms with van der Waals surface area (Å²) < 4.78 is 0. The minimum Gasteiger partial charge on any atom is -0.0879 e. The van der Waals surface area contributed by atoms with E-state index in [9.17, 15) is 0 Å². The molecule has 2 aliphatic rings. The average molecular weight is 178 g/mol. The SMILES string of the molecule is C/C=C1\CCC2[C@@H](C)CCC[C@]12C. The number of fused-ring (bicyclic) bond motifs is 1. The van der Waals surface area contributed by atoms with Crippen LogP contribution in [0.1, 0.15) is 52.9 Å². The molecule has 0 heterocycles. The Morgan fingerprint density at radius 2 is 2.15 bits per heavy atom. The van der Waals surface area contributed by atoms with Gasteiger partial charge in [-0.3, -0.25) is 0 Å². The van der Waals surface area contributed by atoms with Crippen molar-refractivity contribution in [3.63, 3.8) is 0 Å². The molecule has 0 aromatic carbocycles. The second-order valence-electron chi connectivity index (χ2n) is 5.25. The first-order chi connectivity index (χ1) is 6.18. The summed E-state index contributed by atoms with van der Waals surface area (Å²) in [6.07, 6.45) is 9.59. The summed E-state index contributed by atoms with van der Waals surface area (Å²) in [5.41, 5.74) is 2.34. The fourth-order valence-electron chi connectivity index (χ4n) is 3.88. The van der Waals surface area contributed by atoms with Gasteiger partial charge in [0.25, 0.3) is 0 Å². The van der Waals surface area contributed by atoms with E-state index in [-0.39, 0.29) is 0 Å². The molecule has 0 saturated heterocycles. The molecule has 0 aromatic rings. The molecule has 2 saturated carbocycles. The van der Waals surface area contributed by atoms with E-state index in [0.717, 1.165) is 11.8 Å². The Morgan fingerprint density at radius 3 is 2.85 bits per heavy atom. The van der Waals surface area contributed by atoms with Crippen LogP contribution in [-0.4, -0.2) is 0 Å². The molecule has 13 heavy (non-hydrogen) atoms. The predicted octanol–water partition coefficient (Wildman–Crippen LogP) is 4.17. The standard InChI is InChI=1S/C13H22/c1-4-11-7-8-12-10(2)6-5-9-13(11,12)3/h4,10,12H,5-9H2,1-3H3/b11-4+/t10-,12?,13+/m0/s1. The van der Waals surface area contributed by atoms with Gasteiger partial charge in [0.05, 0.1) is 0 Å². The van der Waals surface area contributed by atoms with Gasteiger partial charge in [0.1, 0.15) is 0 Å². The van der Waals surface area contributed by atoms with Crippen LogP contribution in [0.4, 0.5) is 0 Å². The number of hydrogen-bond donors (Lipinski definition) is 0. The van der Waals surface area contributed by atoms with Gasteiger partial charge in [0.2, 0.25) is 0 Å². The molecule has 0 bridgehead atoms. The van der Waals surface area contributed by atoms with E-state index in [1.807, 2.05) is 0 Å². The first-order valence-corrected chi connectivity index (χ1v) is 5.84. The quantitative estimate of drug-likeness (QED) is 0.488. The van der Waals surface area contributed by atoms with Gasteiger partial charge in [-0.1, -0.05) is 38.3 Å². The second-order valence-corrected chi connectivity index (χ2v) is 5.25. The fourth-order valence-corrected chi connectivity index (χ4v) is 3.88. The van der Waals surface area contributed by atoms with Gasteiger partial charge >= 0.3 is 0 Å². The van der Waals surface area contributed by atoms with E-state index >= 15 is 0 Å². The van der Waals surface area contributed by atoms with Crippen molar-refractivity contribution in [1.29, 1.82) is 0 Å². The Kier molecular flexibility index (Phi) is 2.25. The highest BCUT2D eigenvalue weighted by Crippen LogP contribution is 2.56. The van der Waals surface area contributed by atoms with Crippen LogP contribution < -0.4 is 0 Å². The highest BCUT2D eigenvalue weighted by Gasteiger charge is 2.46. The predicted molar refractivity (Wildman–Crippen MR) is 57.6 cm³/mol. The molecule has 2 aliphatic carbocycles. The molecule has 2 rings (SSSR count). The van der Waals surface area contributed by atoms with Crippen molar-refractivity contribution >= 4 is 0 Å². The Morgan fingerprint density at radius 1 is 1.38 bits per heavy atom. The lowest BCUT2D eigenvalue weighted by molar-refractivity contribution is 0.127. The Labute approximate surface area is 82.4 Å². The van der Waals surface area contributed by atoms with Crippen molar-refractivity contribution in [2.24, 2.45) is 17.3 Å². The van der Waals surface area contributed by atoms with Gasteiger partial charge < -0.3 is 0 Å². The van der Waals surface area contributed by atoms with Gasteiger partial charge in [0, 0.05) is 0 Å². The van der Waals surface area contributed by atoms with Crippen molar-refractivity contribution in [2.45, 2.75) is 52.9 Å². The second kappa shape index (κ2) is 3.15. The van der Waals surface area contributed by atoms with E-state index in [0.29, 0.717) is 5.41 Å². The van der Waals surface area contributed by atoms with Crippen LogP contribution in [0.2, 0.25) is 0 Å². The minimum absolute atomic E-state index is 0.590. The van der Waals surface area contributed by atoms with Crippen LogP contribution in [-0.2, 0) is 0 Å². The van der Waals surface area contributed by atoms with E-state index < -0.39 is 0 Å². The summed E-state index contributed by atoms with van der Waals surface area (Å²) in [6.45, 7) is 7.19. The number of hydrogen-bond acceptors (Lipinski definition) is 0. The van der Waals surface area contributed by atoms with E-state index in [1.54, 1.807) is 5.57 Å². The lowest BCUT2D eigenvalue weighted by atomic mass is 9.63. The molecular weight excluding hydrogens is 156 g/mol. The fraction of sp³-hybridized carbons (Fsp3) is 0.846. The van der Waals surface area contributed by atoms with Gasteiger partial charge in [0.15, 0.2) is 0 Å². The van der Waals surface area contributed by atoms with E-state index in [2.05, 4.69) is 26.8 Å². The van der Waals surface area contributed by atoms with Crippen molar-refractivity contribution in [3.8, 4) is 0 Å². The number of rotatable bonds is 0. The van der Waals surface area contributed by atoms with E-state index in [1.165, 1.54) is 32.1 Å². The topological polar surface area (TPSA) is 0 Å². The summed E-state index contributed by atoms with van der Waals surface area (Å²) in [5.74, 6) is 1.96. The van der Waals surface area contributed by atoms with Gasteiger partial charge in [-0.05, 0) is 43.4 Å². The summed E-state index contributed by atoms with van der Waals surface area (Å²) >= 11 is 0. The van der Waals surface area contributed by atoms with Crippen molar-refractivity contribution in [1.82, 2.24) is 0 Å². The van der Waals surface area contributed by atoms with Crippen LogP contribution in [0.15, 0.2) is 11.6 Å². The maximum absolute atomic E-state index is 2.51. The minimum atomic E-state index is 0.590. The molecule has 1 unspecified atom stereocenters. The smallest absolute Gasteiger partial charge is 0.00856 e. The molecule has 74 valence electrons. The highest BCUT2D eigenvalue weighted by molar-refractivity contribution is 5.21. The molecule has 3 atom stereocenters. The van der Waals surface area contributed by atoms with E-state index in [4.69, 9.17) is 0 Å². The monoisotopic (exact) mass is 178 g/mol.